The monoisotopic (exact) mass is 528 g/mol. The predicted octanol–water partition coefficient (Wildman–Crippen LogP) is 5.44. The molecular weight excluding hydrogens is 512 g/mol. The zero-order valence-electron chi connectivity index (χ0n) is 18.3. The summed E-state index contributed by atoms with van der Waals surface area (Å²) in [6.45, 7) is 1.90. The molecule has 2 aliphatic rings. The van der Waals surface area contributed by atoms with Gasteiger partial charge in [-0.25, -0.2) is 9.67 Å². The average molecular weight is 529 g/mol. The lowest BCUT2D eigenvalue weighted by Crippen LogP contribution is -2.48. The van der Waals surface area contributed by atoms with E-state index in [0.717, 1.165) is 27.0 Å². The maximum atomic E-state index is 13.2. The van der Waals surface area contributed by atoms with Crippen LogP contribution in [0.2, 0.25) is 0 Å². The van der Waals surface area contributed by atoms with E-state index in [1.54, 1.807) is 16.8 Å². The number of nitro groups is 1. The second kappa shape index (κ2) is 7.88. The second-order valence-corrected chi connectivity index (χ2v) is 9.16. The molecule has 0 radical (unpaired) electrons. The van der Waals surface area contributed by atoms with Crippen LogP contribution in [0.15, 0.2) is 82.3 Å². The van der Waals surface area contributed by atoms with Gasteiger partial charge in [-0.05, 0) is 48.9 Å². The van der Waals surface area contributed by atoms with Gasteiger partial charge in [0, 0.05) is 22.2 Å². The van der Waals surface area contributed by atoms with E-state index in [-0.39, 0.29) is 23.5 Å². The summed E-state index contributed by atoms with van der Waals surface area (Å²) in [5, 5.41) is 18.8. The third-order valence-corrected chi connectivity index (χ3v) is 6.63. The molecule has 0 saturated heterocycles. The van der Waals surface area contributed by atoms with Crippen LogP contribution in [0.4, 0.5) is 22.9 Å². The number of nitrogens with zero attached hydrogens (tertiary/aromatic N) is 5. The molecule has 10 heteroatoms. The summed E-state index contributed by atoms with van der Waals surface area (Å²) >= 11 is 3.58. The largest absolute Gasteiger partial charge is 0.317 e. The summed E-state index contributed by atoms with van der Waals surface area (Å²) in [4.78, 5) is 30.6. The van der Waals surface area contributed by atoms with Gasteiger partial charge in [-0.3, -0.25) is 14.9 Å². The van der Waals surface area contributed by atoms with Crippen molar-refractivity contribution < 1.29 is 9.72 Å². The molecule has 1 N–H and O–H groups in total. The van der Waals surface area contributed by atoms with Gasteiger partial charge < -0.3 is 10.2 Å². The maximum Gasteiger partial charge on any atom is 0.291 e. The summed E-state index contributed by atoms with van der Waals surface area (Å²) in [5.74, 6) is 0.454. The quantitative estimate of drug-likeness (QED) is 0.281. The van der Waals surface area contributed by atoms with Crippen molar-refractivity contribution in [2.24, 2.45) is 4.99 Å². The molecular formula is C25H17BrN6O3. The van der Waals surface area contributed by atoms with Crippen LogP contribution in [0.1, 0.15) is 22.9 Å². The third-order valence-electron chi connectivity index (χ3n) is 6.14. The van der Waals surface area contributed by atoms with Gasteiger partial charge in [0.15, 0.2) is 5.82 Å². The molecule has 0 bridgehead atoms. The number of para-hydroxylation sites is 2. The molecule has 9 nitrogen and oxygen atoms in total. The van der Waals surface area contributed by atoms with Crippen molar-refractivity contribution in [3.05, 3.63) is 104 Å². The first-order valence-corrected chi connectivity index (χ1v) is 11.6. The van der Waals surface area contributed by atoms with Gasteiger partial charge in [-0.15, -0.1) is 0 Å². The van der Waals surface area contributed by atoms with E-state index in [4.69, 9.17) is 10.1 Å². The van der Waals surface area contributed by atoms with Crippen molar-refractivity contribution in [1.82, 2.24) is 9.78 Å². The fourth-order valence-corrected chi connectivity index (χ4v) is 5.05. The standard InChI is InChI=1S/C25H17BrN6O3/c1-14-21-22(15-5-4-6-16(26)13-15)30-20-8-3-2-7-19(20)27-25(33)24(30)28-23(21)31(29-14)17-9-11-18(12-10-17)32(34)35/h2-13,22H,1H3,(H,27,33)/t22-/m0/s1. The van der Waals surface area contributed by atoms with Crippen LogP contribution in [0.25, 0.3) is 5.69 Å². The van der Waals surface area contributed by atoms with Crippen molar-refractivity contribution >= 4 is 50.6 Å². The molecule has 0 spiro atoms. The Bertz CT molecular complexity index is 1560. The van der Waals surface area contributed by atoms with Crippen LogP contribution in [-0.4, -0.2) is 26.4 Å². The van der Waals surface area contributed by atoms with Crippen LogP contribution in [0, 0.1) is 17.0 Å². The van der Waals surface area contributed by atoms with E-state index in [1.807, 2.05) is 60.4 Å². The van der Waals surface area contributed by atoms with Crippen molar-refractivity contribution in [1.29, 1.82) is 0 Å². The van der Waals surface area contributed by atoms with Crippen molar-refractivity contribution in [3.8, 4) is 5.69 Å². The van der Waals surface area contributed by atoms with Crippen LogP contribution in [0.5, 0.6) is 0 Å². The topological polar surface area (TPSA) is 106 Å². The molecule has 0 aliphatic carbocycles. The fourth-order valence-electron chi connectivity index (χ4n) is 4.63. The summed E-state index contributed by atoms with van der Waals surface area (Å²) < 4.78 is 2.55. The zero-order valence-corrected chi connectivity index (χ0v) is 19.9. The minimum Gasteiger partial charge on any atom is -0.317 e. The maximum absolute atomic E-state index is 13.2. The Balaban J connectivity index is 1.62. The van der Waals surface area contributed by atoms with E-state index in [9.17, 15) is 14.9 Å². The molecule has 3 heterocycles. The second-order valence-electron chi connectivity index (χ2n) is 8.24. The highest BCUT2D eigenvalue weighted by Gasteiger charge is 2.42. The Hall–Kier alpha value is -4.31. The molecule has 6 rings (SSSR count). The number of benzene rings is 3. The number of amidine groups is 1. The summed E-state index contributed by atoms with van der Waals surface area (Å²) in [5.41, 5.74) is 4.71. The number of hydrogen-bond donors (Lipinski definition) is 1. The number of anilines is 2. The number of halogens is 1. The Morgan fingerprint density at radius 1 is 1.06 bits per heavy atom. The Morgan fingerprint density at radius 2 is 1.83 bits per heavy atom. The number of aliphatic imine (C=N–C) groups is 1. The van der Waals surface area contributed by atoms with Crippen LogP contribution < -0.4 is 10.2 Å². The summed E-state index contributed by atoms with van der Waals surface area (Å²) in [6.07, 6.45) is 0. The van der Waals surface area contributed by atoms with E-state index >= 15 is 0 Å². The highest BCUT2D eigenvalue weighted by atomic mass is 79.9. The summed E-state index contributed by atoms with van der Waals surface area (Å²) in [6, 6.07) is 21.3. The third kappa shape index (κ3) is 3.33. The molecule has 1 aromatic heterocycles. The first-order chi connectivity index (χ1) is 16.9. The van der Waals surface area contributed by atoms with E-state index in [0.29, 0.717) is 17.2 Å². The van der Waals surface area contributed by atoms with Gasteiger partial charge in [0.2, 0.25) is 5.84 Å². The number of nitrogens with one attached hydrogen (secondary N) is 1. The number of aryl methyl sites for hydroxylation is 1. The Morgan fingerprint density at radius 3 is 2.57 bits per heavy atom. The Labute approximate surface area is 208 Å². The molecule has 4 aromatic rings. The lowest BCUT2D eigenvalue weighted by molar-refractivity contribution is -0.384. The number of rotatable bonds is 3. The van der Waals surface area contributed by atoms with Crippen molar-refractivity contribution in [2.45, 2.75) is 13.0 Å². The molecule has 35 heavy (non-hydrogen) atoms. The molecule has 2 aliphatic heterocycles. The molecule has 1 amide bonds. The molecule has 0 fully saturated rings. The van der Waals surface area contributed by atoms with Gasteiger partial charge in [-0.1, -0.05) is 40.2 Å². The molecule has 172 valence electrons. The number of carbonyl (C=O) groups excluding carboxylic acids is 1. The predicted molar refractivity (Wildman–Crippen MR) is 136 cm³/mol. The molecule has 0 unspecified atom stereocenters. The smallest absolute Gasteiger partial charge is 0.291 e. The SMILES string of the molecule is Cc1nn(-c2ccc([N+](=O)[O-])cc2)c2c1[C@H](c1cccc(Br)c1)N1C(=N2)C(=O)Nc2ccccc21. The van der Waals surface area contributed by atoms with Crippen LogP contribution in [0.3, 0.4) is 0 Å². The molecule has 3 aromatic carbocycles. The Kier molecular flexibility index (Phi) is 4.78. The minimum absolute atomic E-state index is 0.0146. The molecule has 0 saturated carbocycles. The first-order valence-electron chi connectivity index (χ1n) is 10.8. The first kappa shape index (κ1) is 21.2. The van der Waals surface area contributed by atoms with Crippen molar-refractivity contribution in [3.63, 3.8) is 0 Å². The number of non-ortho nitro benzene ring substituents is 1. The number of amides is 1. The average Bonchev–Trinajstić information content (AvgIpc) is 3.19. The number of fused-ring (bicyclic) bond motifs is 4. The lowest BCUT2D eigenvalue weighted by atomic mass is 9.93. The van der Waals surface area contributed by atoms with E-state index in [1.165, 1.54) is 12.1 Å². The van der Waals surface area contributed by atoms with Gasteiger partial charge in [0.25, 0.3) is 11.6 Å². The minimum atomic E-state index is -0.446. The van der Waals surface area contributed by atoms with Gasteiger partial charge in [0.05, 0.1) is 33.7 Å². The highest BCUT2D eigenvalue weighted by molar-refractivity contribution is 9.10. The van der Waals surface area contributed by atoms with Crippen molar-refractivity contribution in [2.75, 3.05) is 10.2 Å². The lowest BCUT2D eigenvalue weighted by Gasteiger charge is -2.40. The fraction of sp³-hybridized carbons (Fsp3) is 0.0800. The van der Waals surface area contributed by atoms with Gasteiger partial charge >= 0.3 is 0 Å². The number of hydrogen-bond acceptors (Lipinski definition) is 6. The number of nitro benzene ring substituents is 1. The van der Waals surface area contributed by atoms with Crippen LogP contribution in [-0.2, 0) is 4.79 Å². The highest BCUT2D eigenvalue weighted by Crippen LogP contribution is 2.47. The zero-order chi connectivity index (χ0) is 24.3. The van der Waals surface area contributed by atoms with Crippen LogP contribution >= 0.6 is 15.9 Å². The van der Waals surface area contributed by atoms with Gasteiger partial charge in [0.1, 0.15) is 0 Å². The molecule has 1 atom stereocenters. The van der Waals surface area contributed by atoms with E-state index < -0.39 is 4.92 Å². The number of aromatic nitrogens is 2. The number of carbonyl (C=O) groups is 1. The summed E-state index contributed by atoms with van der Waals surface area (Å²) in [7, 11) is 0. The van der Waals surface area contributed by atoms with Gasteiger partial charge in [-0.2, -0.15) is 5.10 Å². The normalized spacial score (nSPS) is 16.1. The van der Waals surface area contributed by atoms with E-state index in [2.05, 4.69) is 21.2 Å².